The normalized spacial score (nSPS) is 25.4. The molecule has 0 radical (unpaired) electrons. The summed E-state index contributed by atoms with van der Waals surface area (Å²) in [6.07, 6.45) is 0.508. The highest BCUT2D eigenvalue weighted by Gasteiger charge is 2.19. The van der Waals surface area contributed by atoms with E-state index in [1.54, 1.807) is 0 Å². The van der Waals surface area contributed by atoms with Gasteiger partial charge in [-0.25, -0.2) is 0 Å². The summed E-state index contributed by atoms with van der Waals surface area (Å²) in [4.78, 5) is 2.40. The predicted octanol–water partition coefficient (Wildman–Crippen LogP) is 0.332. The molecule has 0 aliphatic carbocycles. The molecule has 1 saturated heterocycles. The summed E-state index contributed by atoms with van der Waals surface area (Å²) in [5, 5.41) is 3.10. The Hall–Kier alpha value is -0.160. The van der Waals surface area contributed by atoms with Gasteiger partial charge in [-0.3, -0.25) is 4.90 Å². The predicted molar refractivity (Wildman–Crippen MR) is 61.2 cm³/mol. The standard InChI is InChI=1S/C11H24N2O2/c1-4-13-5-6-14-11(8-13)9-15-10(2)7-12-3/h10-12H,4-9H2,1-3H3. The van der Waals surface area contributed by atoms with E-state index in [9.17, 15) is 0 Å². The summed E-state index contributed by atoms with van der Waals surface area (Å²) < 4.78 is 11.4. The first-order chi connectivity index (χ1) is 7.26. The van der Waals surface area contributed by atoms with Gasteiger partial charge in [-0.05, 0) is 20.5 Å². The maximum absolute atomic E-state index is 5.70. The number of rotatable bonds is 6. The molecule has 0 aromatic carbocycles. The molecule has 15 heavy (non-hydrogen) atoms. The van der Waals surface area contributed by atoms with Crippen LogP contribution >= 0.6 is 0 Å². The molecule has 0 amide bonds. The van der Waals surface area contributed by atoms with Crippen molar-refractivity contribution in [2.24, 2.45) is 0 Å². The molecule has 4 heteroatoms. The summed E-state index contributed by atoms with van der Waals surface area (Å²) >= 11 is 0. The molecule has 4 nitrogen and oxygen atoms in total. The zero-order valence-corrected chi connectivity index (χ0v) is 10.2. The third kappa shape index (κ3) is 4.93. The van der Waals surface area contributed by atoms with E-state index in [4.69, 9.17) is 9.47 Å². The SMILES string of the molecule is CCN1CCOC(COC(C)CNC)C1. The first-order valence-electron chi connectivity index (χ1n) is 5.86. The van der Waals surface area contributed by atoms with E-state index in [1.165, 1.54) is 0 Å². The van der Waals surface area contributed by atoms with Gasteiger partial charge in [0.15, 0.2) is 0 Å². The van der Waals surface area contributed by atoms with E-state index < -0.39 is 0 Å². The number of nitrogens with zero attached hydrogens (tertiary/aromatic N) is 1. The summed E-state index contributed by atoms with van der Waals surface area (Å²) in [6, 6.07) is 0. The molecule has 1 aliphatic rings. The fraction of sp³-hybridized carbons (Fsp3) is 1.00. The third-order valence-electron chi connectivity index (χ3n) is 2.73. The lowest BCUT2D eigenvalue weighted by Gasteiger charge is -2.32. The number of ether oxygens (including phenoxy) is 2. The second kappa shape index (κ2) is 7.17. The average Bonchev–Trinajstić information content (AvgIpc) is 2.27. The molecule has 1 heterocycles. The lowest BCUT2D eigenvalue weighted by Crippen LogP contribution is -2.44. The van der Waals surface area contributed by atoms with E-state index in [0.29, 0.717) is 6.61 Å². The van der Waals surface area contributed by atoms with E-state index in [2.05, 4.69) is 24.1 Å². The van der Waals surface area contributed by atoms with Gasteiger partial charge in [-0.2, -0.15) is 0 Å². The van der Waals surface area contributed by atoms with Gasteiger partial charge in [-0.1, -0.05) is 6.92 Å². The van der Waals surface area contributed by atoms with Crippen LogP contribution in [0, 0.1) is 0 Å². The van der Waals surface area contributed by atoms with Crippen LogP contribution in [0.2, 0.25) is 0 Å². The maximum Gasteiger partial charge on any atom is 0.0935 e. The lowest BCUT2D eigenvalue weighted by molar-refractivity contribution is -0.0805. The number of hydrogen-bond donors (Lipinski definition) is 1. The van der Waals surface area contributed by atoms with Crippen molar-refractivity contribution < 1.29 is 9.47 Å². The Kier molecular flexibility index (Phi) is 6.17. The zero-order valence-electron chi connectivity index (χ0n) is 10.2. The molecule has 2 atom stereocenters. The van der Waals surface area contributed by atoms with E-state index in [0.717, 1.165) is 32.8 Å². The summed E-state index contributed by atoms with van der Waals surface area (Å²) in [6.45, 7) is 9.86. The van der Waals surface area contributed by atoms with Gasteiger partial charge in [0.1, 0.15) is 0 Å². The van der Waals surface area contributed by atoms with Gasteiger partial charge in [0.25, 0.3) is 0 Å². The molecule has 0 aromatic rings. The quantitative estimate of drug-likeness (QED) is 0.694. The first kappa shape index (κ1) is 12.9. The van der Waals surface area contributed by atoms with Crippen molar-refractivity contribution in [3.63, 3.8) is 0 Å². The maximum atomic E-state index is 5.70. The molecule has 0 aromatic heterocycles. The van der Waals surface area contributed by atoms with E-state index >= 15 is 0 Å². The minimum Gasteiger partial charge on any atom is -0.374 e. The van der Waals surface area contributed by atoms with Gasteiger partial charge < -0.3 is 14.8 Å². The molecule has 0 saturated carbocycles. The van der Waals surface area contributed by atoms with Crippen LogP contribution in [0.3, 0.4) is 0 Å². The molecular formula is C11H24N2O2. The molecule has 1 rings (SSSR count). The Balaban J connectivity index is 2.14. The highest BCUT2D eigenvalue weighted by atomic mass is 16.5. The topological polar surface area (TPSA) is 33.7 Å². The lowest BCUT2D eigenvalue weighted by atomic mass is 10.3. The number of morpholine rings is 1. The highest BCUT2D eigenvalue weighted by Crippen LogP contribution is 2.06. The van der Waals surface area contributed by atoms with Crippen molar-refractivity contribution in [1.29, 1.82) is 0 Å². The Bertz CT molecular complexity index is 167. The summed E-state index contributed by atoms with van der Waals surface area (Å²) in [5.74, 6) is 0. The van der Waals surface area contributed by atoms with Crippen LogP contribution in [0.4, 0.5) is 0 Å². The molecule has 0 spiro atoms. The monoisotopic (exact) mass is 216 g/mol. The molecule has 2 unspecified atom stereocenters. The molecule has 90 valence electrons. The van der Waals surface area contributed by atoms with Gasteiger partial charge in [-0.15, -0.1) is 0 Å². The van der Waals surface area contributed by atoms with Crippen molar-refractivity contribution in [3.8, 4) is 0 Å². The van der Waals surface area contributed by atoms with Crippen LogP contribution in [0.25, 0.3) is 0 Å². The first-order valence-corrected chi connectivity index (χ1v) is 5.86. The van der Waals surface area contributed by atoms with E-state index in [1.807, 2.05) is 7.05 Å². The summed E-state index contributed by atoms with van der Waals surface area (Å²) in [7, 11) is 1.94. The molecule has 1 fully saturated rings. The van der Waals surface area contributed by atoms with Crippen molar-refractivity contribution >= 4 is 0 Å². The Labute approximate surface area is 92.9 Å². The van der Waals surface area contributed by atoms with Crippen LogP contribution in [0.15, 0.2) is 0 Å². The highest BCUT2D eigenvalue weighted by molar-refractivity contribution is 4.70. The Morgan fingerprint density at radius 2 is 2.40 bits per heavy atom. The number of likely N-dealkylation sites (N-methyl/N-ethyl adjacent to an activating group) is 2. The van der Waals surface area contributed by atoms with Crippen LogP contribution in [-0.2, 0) is 9.47 Å². The van der Waals surface area contributed by atoms with Crippen LogP contribution in [-0.4, -0.2) is 63.5 Å². The second-order valence-electron chi connectivity index (χ2n) is 4.09. The van der Waals surface area contributed by atoms with Crippen LogP contribution in [0.1, 0.15) is 13.8 Å². The van der Waals surface area contributed by atoms with Gasteiger partial charge in [0.05, 0.1) is 25.4 Å². The fourth-order valence-corrected chi connectivity index (χ4v) is 1.79. The van der Waals surface area contributed by atoms with Gasteiger partial charge in [0, 0.05) is 19.6 Å². The van der Waals surface area contributed by atoms with Gasteiger partial charge in [0.2, 0.25) is 0 Å². The molecular weight excluding hydrogens is 192 g/mol. The zero-order chi connectivity index (χ0) is 11.1. The Morgan fingerprint density at radius 1 is 1.60 bits per heavy atom. The number of nitrogens with one attached hydrogen (secondary N) is 1. The Morgan fingerprint density at radius 3 is 3.07 bits per heavy atom. The van der Waals surface area contributed by atoms with Crippen molar-refractivity contribution in [1.82, 2.24) is 10.2 Å². The fourth-order valence-electron chi connectivity index (χ4n) is 1.79. The minimum atomic E-state index is 0.248. The molecule has 1 N–H and O–H groups in total. The number of hydrogen-bond acceptors (Lipinski definition) is 4. The minimum absolute atomic E-state index is 0.248. The third-order valence-corrected chi connectivity index (χ3v) is 2.73. The van der Waals surface area contributed by atoms with Crippen molar-refractivity contribution in [2.75, 3.05) is 46.4 Å². The second-order valence-corrected chi connectivity index (χ2v) is 4.09. The van der Waals surface area contributed by atoms with Crippen molar-refractivity contribution in [3.05, 3.63) is 0 Å². The van der Waals surface area contributed by atoms with Crippen LogP contribution in [0.5, 0.6) is 0 Å². The summed E-state index contributed by atoms with van der Waals surface area (Å²) in [5.41, 5.74) is 0. The van der Waals surface area contributed by atoms with Crippen LogP contribution < -0.4 is 5.32 Å². The molecule has 0 bridgehead atoms. The average molecular weight is 216 g/mol. The largest absolute Gasteiger partial charge is 0.374 e. The van der Waals surface area contributed by atoms with Crippen molar-refractivity contribution in [2.45, 2.75) is 26.1 Å². The van der Waals surface area contributed by atoms with E-state index in [-0.39, 0.29) is 12.2 Å². The molecule has 1 aliphatic heterocycles. The van der Waals surface area contributed by atoms with Gasteiger partial charge >= 0.3 is 0 Å². The smallest absolute Gasteiger partial charge is 0.0935 e.